The third-order valence-corrected chi connectivity index (χ3v) is 7.17. The Labute approximate surface area is 147 Å². The Balaban J connectivity index is 1.76. The van der Waals surface area contributed by atoms with Crippen LogP contribution in [-0.2, 0) is 16.4 Å². The van der Waals surface area contributed by atoms with Gasteiger partial charge < -0.3 is 0 Å². The zero-order valence-electron chi connectivity index (χ0n) is 14.1. The molecule has 24 heavy (non-hydrogen) atoms. The number of sulfonamides is 1. The minimum atomic E-state index is -3.43. The van der Waals surface area contributed by atoms with E-state index in [0.717, 1.165) is 29.3 Å². The number of piperidine rings is 1. The van der Waals surface area contributed by atoms with Crippen LogP contribution in [0.25, 0.3) is 0 Å². The second-order valence-corrected chi connectivity index (χ2v) is 9.68. The maximum atomic E-state index is 12.8. The predicted molar refractivity (Wildman–Crippen MR) is 95.6 cm³/mol. The quantitative estimate of drug-likeness (QED) is 0.815. The van der Waals surface area contributed by atoms with E-state index in [1.165, 1.54) is 0 Å². The molecule has 1 fully saturated rings. The van der Waals surface area contributed by atoms with Crippen LogP contribution in [0.1, 0.15) is 42.6 Å². The third kappa shape index (κ3) is 3.84. The van der Waals surface area contributed by atoms with E-state index in [0.29, 0.717) is 23.9 Å². The van der Waals surface area contributed by atoms with Gasteiger partial charge in [0.25, 0.3) is 0 Å². The van der Waals surface area contributed by atoms with Gasteiger partial charge >= 0.3 is 0 Å². The molecule has 0 aliphatic carbocycles. The van der Waals surface area contributed by atoms with E-state index in [1.54, 1.807) is 39.9 Å². The molecule has 2 aromatic rings. The van der Waals surface area contributed by atoms with E-state index >= 15 is 0 Å². The fourth-order valence-electron chi connectivity index (χ4n) is 2.97. The van der Waals surface area contributed by atoms with E-state index in [1.807, 2.05) is 6.07 Å². The summed E-state index contributed by atoms with van der Waals surface area (Å²) in [7, 11) is -3.43. The summed E-state index contributed by atoms with van der Waals surface area (Å²) in [4.78, 5) is 0.364. The molecule has 0 radical (unpaired) electrons. The van der Waals surface area contributed by atoms with Crippen LogP contribution in [0.2, 0.25) is 0 Å². The van der Waals surface area contributed by atoms with Gasteiger partial charge in [-0.2, -0.15) is 4.31 Å². The van der Waals surface area contributed by atoms with Gasteiger partial charge in [0.05, 0.1) is 4.90 Å². The van der Waals surface area contributed by atoms with Crippen LogP contribution in [0.5, 0.6) is 0 Å². The van der Waals surface area contributed by atoms with Crippen LogP contribution in [0.4, 0.5) is 0 Å². The summed E-state index contributed by atoms with van der Waals surface area (Å²) in [5, 5.41) is 10.6. The van der Waals surface area contributed by atoms with E-state index in [-0.39, 0.29) is 5.92 Å². The van der Waals surface area contributed by atoms with E-state index < -0.39 is 10.0 Å². The molecular weight excluding hydrogens is 342 g/mol. The van der Waals surface area contributed by atoms with Crippen LogP contribution < -0.4 is 0 Å². The van der Waals surface area contributed by atoms with Gasteiger partial charge in [-0.1, -0.05) is 32.0 Å². The van der Waals surface area contributed by atoms with Crippen LogP contribution in [0.3, 0.4) is 0 Å². The SMILES string of the molecule is CC(C)Cc1nnc(C2CCCN(S(=O)(=O)c3ccccc3)C2)s1. The highest BCUT2D eigenvalue weighted by molar-refractivity contribution is 7.89. The maximum absolute atomic E-state index is 12.8. The summed E-state index contributed by atoms with van der Waals surface area (Å²) in [5.74, 6) is 0.697. The Kier molecular flexibility index (Phi) is 5.32. The minimum Gasteiger partial charge on any atom is -0.207 e. The molecule has 1 aliphatic heterocycles. The van der Waals surface area contributed by atoms with Crippen molar-refractivity contribution in [3.8, 4) is 0 Å². The molecule has 1 saturated heterocycles. The smallest absolute Gasteiger partial charge is 0.207 e. The van der Waals surface area contributed by atoms with Gasteiger partial charge in [-0.25, -0.2) is 8.42 Å². The second kappa shape index (κ2) is 7.29. The molecule has 0 saturated carbocycles. The van der Waals surface area contributed by atoms with Gasteiger partial charge in [-0.15, -0.1) is 21.5 Å². The van der Waals surface area contributed by atoms with Crippen LogP contribution in [0, 0.1) is 5.92 Å². The summed E-state index contributed by atoms with van der Waals surface area (Å²) in [6, 6.07) is 8.67. The van der Waals surface area contributed by atoms with Crippen molar-refractivity contribution in [3.05, 3.63) is 40.3 Å². The first-order chi connectivity index (χ1) is 11.5. The fraction of sp³-hybridized carbons (Fsp3) is 0.529. The summed E-state index contributed by atoms with van der Waals surface area (Å²) in [5.41, 5.74) is 0. The number of hydrogen-bond acceptors (Lipinski definition) is 5. The topological polar surface area (TPSA) is 63.2 Å². The van der Waals surface area contributed by atoms with Crippen molar-refractivity contribution in [2.45, 2.75) is 43.9 Å². The van der Waals surface area contributed by atoms with Crippen molar-refractivity contribution in [2.75, 3.05) is 13.1 Å². The molecule has 1 unspecified atom stereocenters. The summed E-state index contributed by atoms with van der Waals surface area (Å²) in [6.07, 6.45) is 2.75. The largest absolute Gasteiger partial charge is 0.243 e. The Morgan fingerprint density at radius 1 is 1.25 bits per heavy atom. The normalized spacial score (nSPS) is 19.7. The molecule has 3 rings (SSSR count). The zero-order chi connectivity index (χ0) is 17.2. The van der Waals surface area contributed by atoms with E-state index in [9.17, 15) is 8.42 Å². The minimum absolute atomic E-state index is 0.149. The fourth-order valence-corrected chi connectivity index (χ4v) is 5.69. The van der Waals surface area contributed by atoms with E-state index in [4.69, 9.17) is 0 Å². The van der Waals surface area contributed by atoms with Crippen LogP contribution in [0.15, 0.2) is 35.2 Å². The Morgan fingerprint density at radius 3 is 2.71 bits per heavy atom. The summed E-state index contributed by atoms with van der Waals surface area (Å²) in [6.45, 7) is 5.39. The average Bonchev–Trinajstić information content (AvgIpc) is 3.03. The standard InChI is InChI=1S/C17H23N3O2S2/c1-13(2)11-16-18-19-17(23-16)14-7-6-10-20(12-14)24(21,22)15-8-4-3-5-9-15/h3-5,8-9,13-14H,6-7,10-12H2,1-2H3. The molecule has 5 nitrogen and oxygen atoms in total. The molecule has 1 aliphatic rings. The molecule has 1 aromatic heterocycles. The van der Waals surface area contributed by atoms with Crippen molar-refractivity contribution in [1.82, 2.24) is 14.5 Å². The lowest BCUT2D eigenvalue weighted by Gasteiger charge is -2.30. The van der Waals surface area contributed by atoms with Gasteiger partial charge in [0.2, 0.25) is 10.0 Å². The highest BCUT2D eigenvalue weighted by Crippen LogP contribution is 2.32. The maximum Gasteiger partial charge on any atom is 0.243 e. The predicted octanol–water partition coefficient (Wildman–Crippen LogP) is 3.30. The van der Waals surface area contributed by atoms with Crippen LogP contribution in [-0.4, -0.2) is 36.0 Å². The lowest BCUT2D eigenvalue weighted by atomic mass is 10.0. The highest BCUT2D eigenvalue weighted by atomic mass is 32.2. The van der Waals surface area contributed by atoms with Crippen molar-refractivity contribution in [3.63, 3.8) is 0 Å². The zero-order valence-corrected chi connectivity index (χ0v) is 15.7. The number of hydrogen-bond donors (Lipinski definition) is 0. The molecule has 7 heteroatoms. The van der Waals surface area contributed by atoms with Crippen molar-refractivity contribution < 1.29 is 8.42 Å². The molecule has 130 valence electrons. The van der Waals surface area contributed by atoms with Crippen molar-refractivity contribution >= 4 is 21.4 Å². The van der Waals surface area contributed by atoms with Gasteiger partial charge in [0.15, 0.2) is 0 Å². The molecule has 0 N–H and O–H groups in total. The number of benzene rings is 1. The number of aromatic nitrogens is 2. The van der Waals surface area contributed by atoms with Gasteiger partial charge in [-0.05, 0) is 30.9 Å². The molecular formula is C17H23N3O2S2. The van der Waals surface area contributed by atoms with Crippen molar-refractivity contribution in [1.29, 1.82) is 0 Å². The van der Waals surface area contributed by atoms with Crippen LogP contribution >= 0.6 is 11.3 Å². The van der Waals surface area contributed by atoms with Crippen molar-refractivity contribution in [2.24, 2.45) is 5.92 Å². The molecule has 1 atom stereocenters. The monoisotopic (exact) mass is 365 g/mol. The molecule has 1 aromatic carbocycles. The molecule has 0 spiro atoms. The lowest BCUT2D eigenvalue weighted by molar-refractivity contribution is 0.314. The molecule has 0 bridgehead atoms. The Hall–Kier alpha value is -1.31. The first kappa shape index (κ1) is 17.5. The number of rotatable bonds is 5. The number of nitrogens with zero attached hydrogens (tertiary/aromatic N) is 3. The first-order valence-corrected chi connectivity index (χ1v) is 10.6. The van der Waals surface area contributed by atoms with Gasteiger partial charge in [0, 0.05) is 25.4 Å². The van der Waals surface area contributed by atoms with Gasteiger partial charge in [0.1, 0.15) is 10.0 Å². The average molecular weight is 366 g/mol. The highest BCUT2D eigenvalue weighted by Gasteiger charge is 2.32. The summed E-state index contributed by atoms with van der Waals surface area (Å²) < 4.78 is 27.2. The lowest BCUT2D eigenvalue weighted by Crippen LogP contribution is -2.39. The summed E-state index contributed by atoms with van der Waals surface area (Å²) >= 11 is 1.63. The Bertz CT molecular complexity index is 772. The third-order valence-electron chi connectivity index (χ3n) is 4.18. The Morgan fingerprint density at radius 2 is 2.00 bits per heavy atom. The molecule has 2 heterocycles. The second-order valence-electron chi connectivity index (χ2n) is 6.65. The first-order valence-electron chi connectivity index (χ1n) is 8.34. The van der Waals surface area contributed by atoms with Gasteiger partial charge in [-0.3, -0.25) is 0 Å². The van der Waals surface area contributed by atoms with E-state index in [2.05, 4.69) is 24.0 Å². The molecule has 0 amide bonds.